The summed E-state index contributed by atoms with van der Waals surface area (Å²) in [5.41, 5.74) is 3.22. The highest BCUT2D eigenvalue weighted by molar-refractivity contribution is 7.80. The van der Waals surface area contributed by atoms with Crippen LogP contribution in [-0.2, 0) is 4.74 Å². The highest BCUT2D eigenvalue weighted by atomic mass is 32.1. The molecule has 0 spiro atoms. The number of benzene rings is 2. The molecule has 3 rings (SSSR count). The van der Waals surface area contributed by atoms with Gasteiger partial charge in [-0.05, 0) is 31.3 Å². The number of aliphatic imine (C=N–C) groups is 1. The van der Waals surface area contributed by atoms with E-state index in [0.717, 1.165) is 30.2 Å². The fourth-order valence-corrected chi connectivity index (χ4v) is 2.73. The number of amidine groups is 1. The monoisotopic (exact) mass is 339 g/mol. The van der Waals surface area contributed by atoms with Crippen LogP contribution in [0.5, 0.6) is 0 Å². The van der Waals surface area contributed by atoms with E-state index in [2.05, 4.69) is 41.4 Å². The van der Waals surface area contributed by atoms with Crippen molar-refractivity contribution in [3.8, 4) is 0 Å². The normalized spacial score (nSPS) is 15.2. The number of anilines is 1. The van der Waals surface area contributed by atoms with Crippen molar-refractivity contribution in [2.75, 3.05) is 31.6 Å². The molecule has 0 aromatic heterocycles. The van der Waals surface area contributed by atoms with Gasteiger partial charge >= 0.3 is 0 Å². The van der Waals surface area contributed by atoms with Gasteiger partial charge in [0, 0.05) is 24.3 Å². The molecule has 1 aliphatic heterocycles. The Hall–Kier alpha value is -2.24. The first-order chi connectivity index (χ1) is 11.7. The third kappa shape index (κ3) is 4.40. The molecule has 1 fully saturated rings. The first-order valence-corrected chi connectivity index (χ1v) is 8.48. The largest absolute Gasteiger partial charge is 0.378 e. The zero-order valence-electron chi connectivity index (χ0n) is 13.7. The van der Waals surface area contributed by atoms with Gasteiger partial charge in [-0.1, -0.05) is 48.0 Å². The molecule has 1 N–H and O–H groups in total. The molecule has 24 heavy (non-hydrogen) atoms. The predicted molar refractivity (Wildman–Crippen MR) is 103 cm³/mol. The molecule has 2 aromatic rings. The first-order valence-electron chi connectivity index (χ1n) is 8.07. The van der Waals surface area contributed by atoms with E-state index >= 15 is 0 Å². The van der Waals surface area contributed by atoms with Crippen LogP contribution in [0.25, 0.3) is 0 Å². The van der Waals surface area contributed by atoms with Crippen LogP contribution in [0.1, 0.15) is 11.1 Å². The minimum Gasteiger partial charge on any atom is -0.378 e. The van der Waals surface area contributed by atoms with Crippen molar-refractivity contribution >= 4 is 28.9 Å². The maximum atomic E-state index is 5.54. The summed E-state index contributed by atoms with van der Waals surface area (Å²) < 4.78 is 5.38. The van der Waals surface area contributed by atoms with Crippen molar-refractivity contribution < 1.29 is 4.74 Å². The van der Waals surface area contributed by atoms with E-state index in [1.54, 1.807) is 0 Å². The molecule has 0 radical (unpaired) electrons. The van der Waals surface area contributed by atoms with Crippen molar-refractivity contribution in [2.24, 2.45) is 4.99 Å². The molecule has 0 unspecified atom stereocenters. The number of para-hydroxylation sites is 1. The Morgan fingerprint density at radius 2 is 1.71 bits per heavy atom. The zero-order chi connectivity index (χ0) is 16.8. The van der Waals surface area contributed by atoms with E-state index in [9.17, 15) is 0 Å². The van der Waals surface area contributed by atoms with Crippen molar-refractivity contribution in [3.05, 3.63) is 65.7 Å². The van der Waals surface area contributed by atoms with E-state index in [0.29, 0.717) is 18.3 Å². The lowest BCUT2D eigenvalue weighted by Crippen LogP contribution is -2.39. The first kappa shape index (κ1) is 16.6. The summed E-state index contributed by atoms with van der Waals surface area (Å²) in [6, 6.07) is 18.3. The van der Waals surface area contributed by atoms with Gasteiger partial charge in [0.2, 0.25) is 0 Å². The molecule has 1 heterocycles. The third-order valence-corrected chi connectivity index (χ3v) is 4.20. The maximum Gasteiger partial charge on any atom is 0.197 e. The fourth-order valence-electron chi connectivity index (χ4n) is 2.46. The Morgan fingerprint density at radius 3 is 2.38 bits per heavy atom. The van der Waals surface area contributed by atoms with Crippen LogP contribution in [0.2, 0.25) is 0 Å². The number of morpholine rings is 1. The van der Waals surface area contributed by atoms with Gasteiger partial charge in [0.15, 0.2) is 5.11 Å². The predicted octanol–water partition coefficient (Wildman–Crippen LogP) is 3.47. The fraction of sp³-hybridized carbons (Fsp3) is 0.263. The summed E-state index contributed by atoms with van der Waals surface area (Å²) >= 11 is 5.54. The number of hydrogen-bond donors (Lipinski definition) is 1. The molecule has 4 nitrogen and oxygen atoms in total. The van der Waals surface area contributed by atoms with Crippen molar-refractivity contribution in [1.29, 1.82) is 0 Å². The quantitative estimate of drug-likeness (QED) is 0.516. The molecule has 0 atom stereocenters. The number of hydrogen-bond acceptors (Lipinski definition) is 2. The van der Waals surface area contributed by atoms with Crippen LogP contribution >= 0.6 is 12.2 Å². The minimum atomic E-state index is 0.595. The van der Waals surface area contributed by atoms with Gasteiger partial charge < -0.3 is 15.0 Å². The van der Waals surface area contributed by atoms with Gasteiger partial charge in [-0.15, -0.1) is 0 Å². The lowest BCUT2D eigenvalue weighted by molar-refractivity contribution is 0.0686. The van der Waals surface area contributed by atoms with E-state index in [4.69, 9.17) is 21.9 Å². The number of nitrogens with zero attached hydrogens (tertiary/aromatic N) is 2. The zero-order valence-corrected chi connectivity index (χ0v) is 14.6. The Balaban J connectivity index is 1.87. The summed E-state index contributed by atoms with van der Waals surface area (Å²) in [5, 5.41) is 3.98. The van der Waals surface area contributed by atoms with Gasteiger partial charge in [-0.3, -0.25) is 0 Å². The highest BCUT2D eigenvalue weighted by Gasteiger charge is 2.14. The summed E-state index contributed by atoms with van der Waals surface area (Å²) in [5.74, 6) is 0.762. The molecule has 0 amide bonds. The number of nitrogens with one attached hydrogen (secondary N) is 1. The lowest BCUT2D eigenvalue weighted by Gasteiger charge is -2.27. The average Bonchev–Trinajstić information content (AvgIpc) is 2.63. The Labute approximate surface area is 148 Å². The lowest BCUT2D eigenvalue weighted by atomic mass is 10.1. The van der Waals surface area contributed by atoms with Crippen LogP contribution in [-0.4, -0.2) is 42.2 Å². The van der Waals surface area contributed by atoms with Crippen molar-refractivity contribution in [3.63, 3.8) is 0 Å². The van der Waals surface area contributed by atoms with Crippen LogP contribution in [0.4, 0.5) is 5.69 Å². The number of rotatable bonds is 2. The molecule has 2 aromatic carbocycles. The summed E-state index contributed by atoms with van der Waals surface area (Å²) in [4.78, 5) is 6.79. The third-order valence-electron chi connectivity index (χ3n) is 3.85. The standard InChI is InChI=1S/C19H21N3OS/c1-15-7-9-16(10-8-15)18(20-17-5-3-2-4-6-17)21-19(24)22-11-13-23-14-12-22/h2-10H,11-14H2,1H3,(H,20,21,24). The summed E-state index contributed by atoms with van der Waals surface area (Å²) in [6.07, 6.45) is 0. The van der Waals surface area contributed by atoms with Crippen LogP contribution < -0.4 is 5.32 Å². The average molecular weight is 339 g/mol. The molecular formula is C19H21N3OS. The summed E-state index contributed by atoms with van der Waals surface area (Å²) in [7, 11) is 0. The SMILES string of the molecule is Cc1ccc(/C(=N\C(=S)N2CCOCC2)Nc2ccccc2)cc1. The molecular weight excluding hydrogens is 318 g/mol. The summed E-state index contributed by atoms with van der Waals surface area (Å²) in [6.45, 7) is 5.04. The smallest absolute Gasteiger partial charge is 0.197 e. The Kier molecular flexibility index (Phi) is 5.56. The molecule has 0 saturated carbocycles. The Morgan fingerprint density at radius 1 is 1.04 bits per heavy atom. The second-order valence-corrected chi connectivity index (χ2v) is 6.06. The van der Waals surface area contributed by atoms with Gasteiger partial charge in [-0.2, -0.15) is 0 Å². The molecule has 124 valence electrons. The second-order valence-electron chi connectivity index (χ2n) is 5.70. The van der Waals surface area contributed by atoms with E-state index < -0.39 is 0 Å². The maximum absolute atomic E-state index is 5.54. The number of aryl methyl sites for hydroxylation is 1. The van der Waals surface area contributed by atoms with Gasteiger partial charge in [0.25, 0.3) is 0 Å². The highest BCUT2D eigenvalue weighted by Crippen LogP contribution is 2.12. The molecule has 0 aliphatic carbocycles. The van der Waals surface area contributed by atoms with E-state index in [1.165, 1.54) is 5.56 Å². The van der Waals surface area contributed by atoms with Crippen LogP contribution in [0.15, 0.2) is 59.6 Å². The Bertz CT molecular complexity index is 707. The van der Waals surface area contributed by atoms with Crippen molar-refractivity contribution in [2.45, 2.75) is 6.92 Å². The van der Waals surface area contributed by atoms with E-state index in [-0.39, 0.29) is 0 Å². The number of ether oxygens (including phenoxy) is 1. The van der Waals surface area contributed by atoms with Crippen molar-refractivity contribution in [1.82, 2.24) is 4.90 Å². The molecule has 5 heteroatoms. The van der Waals surface area contributed by atoms with Crippen LogP contribution in [0.3, 0.4) is 0 Å². The van der Waals surface area contributed by atoms with E-state index in [1.807, 2.05) is 30.3 Å². The topological polar surface area (TPSA) is 36.9 Å². The second kappa shape index (κ2) is 8.04. The number of thiocarbonyl (C=S) groups is 1. The molecule has 1 aliphatic rings. The molecule has 1 saturated heterocycles. The van der Waals surface area contributed by atoms with Crippen LogP contribution in [0, 0.1) is 6.92 Å². The van der Waals surface area contributed by atoms with Gasteiger partial charge in [0.1, 0.15) is 5.84 Å². The minimum absolute atomic E-state index is 0.595. The molecule has 0 bridgehead atoms. The van der Waals surface area contributed by atoms with Gasteiger partial charge in [0.05, 0.1) is 13.2 Å². The van der Waals surface area contributed by atoms with Gasteiger partial charge in [-0.25, -0.2) is 4.99 Å².